The molecule has 0 spiro atoms. The van der Waals surface area contributed by atoms with E-state index in [0.717, 1.165) is 0 Å². The SMILES string of the molecule is O=C(NCCO)/C(=C/c1cccc([N+](=O)[O-])c1)NC(=O)c1cccc(Br)c1. The number of non-ortho nitro benzene ring substituents is 1. The average Bonchev–Trinajstić information content (AvgIpc) is 2.65. The Morgan fingerprint density at radius 3 is 2.59 bits per heavy atom. The first-order chi connectivity index (χ1) is 12.9. The van der Waals surface area contributed by atoms with Gasteiger partial charge in [0.25, 0.3) is 17.5 Å². The Morgan fingerprint density at radius 2 is 1.93 bits per heavy atom. The van der Waals surface area contributed by atoms with Crippen LogP contribution < -0.4 is 10.6 Å². The lowest BCUT2D eigenvalue weighted by atomic mass is 10.1. The first kappa shape index (κ1) is 20.3. The van der Waals surface area contributed by atoms with E-state index in [4.69, 9.17) is 5.11 Å². The summed E-state index contributed by atoms with van der Waals surface area (Å²) in [6, 6.07) is 12.2. The van der Waals surface area contributed by atoms with Crippen LogP contribution in [0.15, 0.2) is 58.7 Å². The van der Waals surface area contributed by atoms with Gasteiger partial charge >= 0.3 is 0 Å². The molecule has 0 aromatic heterocycles. The van der Waals surface area contributed by atoms with Crippen LogP contribution in [0.5, 0.6) is 0 Å². The highest BCUT2D eigenvalue weighted by molar-refractivity contribution is 9.10. The molecule has 0 aliphatic heterocycles. The van der Waals surface area contributed by atoms with Crippen molar-refractivity contribution < 1.29 is 19.6 Å². The van der Waals surface area contributed by atoms with Crippen LogP contribution in [0.2, 0.25) is 0 Å². The van der Waals surface area contributed by atoms with E-state index in [9.17, 15) is 19.7 Å². The lowest BCUT2D eigenvalue weighted by Gasteiger charge is -2.11. The van der Waals surface area contributed by atoms with Crippen molar-refractivity contribution in [1.29, 1.82) is 0 Å². The van der Waals surface area contributed by atoms with Crippen LogP contribution in [0.4, 0.5) is 5.69 Å². The summed E-state index contributed by atoms with van der Waals surface area (Å²) in [6.07, 6.45) is 1.33. The minimum atomic E-state index is -0.626. The van der Waals surface area contributed by atoms with Crippen molar-refractivity contribution in [3.05, 3.63) is 79.9 Å². The van der Waals surface area contributed by atoms with Crippen LogP contribution in [-0.4, -0.2) is 35.0 Å². The Kier molecular flexibility index (Phi) is 7.21. The van der Waals surface area contributed by atoms with Gasteiger partial charge in [-0.25, -0.2) is 0 Å². The summed E-state index contributed by atoms with van der Waals surface area (Å²) in [5, 5.41) is 24.7. The van der Waals surface area contributed by atoms with Gasteiger partial charge in [-0.1, -0.05) is 34.1 Å². The number of carbonyl (C=O) groups excluding carboxylic acids is 2. The summed E-state index contributed by atoms with van der Waals surface area (Å²) in [5.74, 6) is -1.15. The fraction of sp³-hybridized carbons (Fsp3) is 0.111. The lowest BCUT2D eigenvalue weighted by Crippen LogP contribution is -2.36. The number of nitrogens with one attached hydrogen (secondary N) is 2. The van der Waals surface area contributed by atoms with Crippen molar-refractivity contribution >= 4 is 39.5 Å². The first-order valence-electron chi connectivity index (χ1n) is 7.83. The number of aliphatic hydroxyl groups excluding tert-OH is 1. The summed E-state index contributed by atoms with van der Waals surface area (Å²) in [4.78, 5) is 35.1. The van der Waals surface area contributed by atoms with Crippen LogP contribution in [0, 0.1) is 10.1 Å². The molecule has 0 fully saturated rings. The molecule has 0 aliphatic carbocycles. The normalized spacial score (nSPS) is 11.0. The predicted molar refractivity (Wildman–Crippen MR) is 103 cm³/mol. The van der Waals surface area contributed by atoms with Gasteiger partial charge in [-0.3, -0.25) is 19.7 Å². The molecule has 0 atom stereocenters. The standard InChI is InChI=1S/C18H16BrN3O5/c19-14-5-2-4-13(11-14)17(24)21-16(18(25)20-7-8-23)10-12-3-1-6-15(9-12)22(26)27/h1-6,9-11,23H,7-8H2,(H,20,25)(H,21,24)/b16-10-. The van der Waals surface area contributed by atoms with Gasteiger partial charge in [-0.05, 0) is 29.8 Å². The molecule has 0 saturated carbocycles. The number of hydrogen-bond donors (Lipinski definition) is 3. The van der Waals surface area contributed by atoms with E-state index in [1.54, 1.807) is 30.3 Å². The highest BCUT2D eigenvalue weighted by atomic mass is 79.9. The molecule has 3 N–H and O–H groups in total. The van der Waals surface area contributed by atoms with Crippen LogP contribution >= 0.6 is 15.9 Å². The Bertz CT molecular complexity index is 898. The molecule has 0 radical (unpaired) electrons. The quantitative estimate of drug-likeness (QED) is 0.351. The highest BCUT2D eigenvalue weighted by Crippen LogP contribution is 2.16. The second-order valence-electron chi connectivity index (χ2n) is 5.35. The number of amides is 2. The Balaban J connectivity index is 2.33. The highest BCUT2D eigenvalue weighted by Gasteiger charge is 2.15. The van der Waals surface area contributed by atoms with Gasteiger partial charge in [-0.2, -0.15) is 0 Å². The summed E-state index contributed by atoms with van der Waals surface area (Å²) in [7, 11) is 0. The molecule has 0 heterocycles. The molecular formula is C18H16BrN3O5. The fourth-order valence-electron chi connectivity index (χ4n) is 2.14. The van der Waals surface area contributed by atoms with E-state index in [2.05, 4.69) is 26.6 Å². The third-order valence-electron chi connectivity index (χ3n) is 3.37. The third-order valence-corrected chi connectivity index (χ3v) is 3.86. The fourth-order valence-corrected chi connectivity index (χ4v) is 2.54. The Labute approximate surface area is 163 Å². The van der Waals surface area contributed by atoms with Gasteiger partial charge in [0.1, 0.15) is 5.70 Å². The Morgan fingerprint density at radius 1 is 1.19 bits per heavy atom. The van der Waals surface area contributed by atoms with E-state index in [-0.39, 0.29) is 24.5 Å². The minimum Gasteiger partial charge on any atom is -0.395 e. The Hall–Kier alpha value is -3.04. The first-order valence-corrected chi connectivity index (χ1v) is 8.62. The molecule has 0 saturated heterocycles. The number of benzene rings is 2. The molecule has 2 rings (SSSR count). The van der Waals surface area contributed by atoms with Crippen LogP contribution in [-0.2, 0) is 4.79 Å². The number of rotatable bonds is 7. The number of hydrogen-bond acceptors (Lipinski definition) is 5. The molecule has 2 aromatic carbocycles. The largest absolute Gasteiger partial charge is 0.395 e. The van der Waals surface area contributed by atoms with Crippen molar-refractivity contribution in [3.63, 3.8) is 0 Å². The van der Waals surface area contributed by atoms with Crippen LogP contribution in [0.25, 0.3) is 6.08 Å². The van der Waals surface area contributed by atoms with Gasteiger partial charge in [0.2, 0.25) is 0 Å². The van der Waals surface area contributed by atoms with Crippen molar-refractivity contribution in [3.8, 4) is 0 Å². The van der Waals surface area contributed by atoms with Crippen molar-refractivity contribution in [2.24, 2.45) is 0 Å². The molecule has 9 heteroatoms. The number of halogens is 1. The molecule has 0 aliphatic rings. The second-order valence-corrected chi connectivity index (χ2v) is 6.27. The van der Waals surface area contributed by atoms with Gasteiger partial charge in [-0.15, -0.1) is 0 Å². The summed E-state index contributed by atoms with van der Waals surface area (Å²) >= 11 is 3.27. The summed E-state index contributed by atoms with van der Waals surface area (Å²) < 4.78 is 0.698. The number of nitro benzene ring substituents is 1. The minimum absolute atomic E-state index is 0.00212. The van der Waals surface area contributed by atoms with Crippen molar-refractivity contribution in [1.82, 2.24) is 10.6 Å². The van der Waals surface area contributed by atoms with E-state index in [1.807, 2.05) is 0 Å². The zero-order valence-electron chi connectivity index (χ0n) is 14.0. The average molecular weight is 434 g/mol. The van der Waals surface area contributed by atoms with E-state index < -0.39 is 16.7 Å². The van der Waals surface area contributed by atoms with Crippen molar-refractivity contribution in [2.45, 2.75) is 0 Å². The maximum absolute atomic E-state index is 12.4. The maximum atomic E-state index is 12.4. The van der Waals surface area contributed by atoms with Crippen LogP contribution in [0.1, 0.15) is 15.9 Å². The lowest BCUT2D eigenvalue weighted by molar-refractivity contribution is -0.384. The molecule has 2 amide bonds. The van der Waals surface area contributed by atoms with Gasteiger partial charge in [0, 0.05) is 28.7 Å². The van der Waals surface area contributed by atoms with Crippen molar-refractivity contribution in [2.75, 3.05) is 13.2 Å². The molecule has 27 heavy (non-hydrogen) atoms. The number of carbonyl (C=O) groups is 2. The monoisotopic (exact) mass is 433 g/mol. The smallest absolute Gasteiger partial charge is 0.270 e. The van der Waals surface area contributed by atoms with Gasteiger partial charge in [0.15, 0.2) is 0 Å². The number of nitro groups is 1. The number of nitrogens with zero attached hydrogens (tertiary/aromatic N) is 1. The van der Waals surface area contributed by atoms with E-state index >= 15 is 0 Å². The van der Waals surface area contributed by atoms with E-state index in [1.165, 1.54) is 24.3 Å². The maximum Gasteiger partial charge on any atom is 0.270 e. The van der Waals surface area contributed by atoms with E-state index in [0.29, 0.717) is 15.6 Å². The zero-order chi connectivity index (χ0) is 19.8. The molecule has 0 unspecified atom stereocenters. The number of aliphatic hydroxyl groups is 1. The molecule has 140 valence electrons. The van der Waals surface area contributed by atoms with Crippen LogP contribution in [0.3, 0.4) is 0 Å². The van der Waals surface area contributed by atoms with Gasteiger partial charge in [0.05, 0.1) is 11.5 Å². The summed E-state index contributed by atoms with van der Waals surface area (Å²) in [6.45, 7) is -0.271. The topological polar surface area (TPSA) is 122 Å². The zero-order valence-corrected chi connectivity index (χ0v) is 15.6. The third kappa shape index (κ3) is 6.01. The van der Waals surface area contributed by atoms with Gasteiger partial charge < -0.3 is 15.7 Å². The molecular weight excluding hydrogens is 418 g/mol. The predicted octanol–water partition coefficient (Wildman–Crippen LogP) is 2.24. The molecule has 2 aromatic rings. The molecule has 8 nitrogen and oxygen atoms in total. The second kappa shape index (κ2) is 9.60. The molecule has 0 bridgehead atoms. The summed E-state index contributed by atoms with van der Waals surface area (Å²) in [5.41, 5.74) is 0.447.